The zero-order chi connectivity index (χ0) is 17.3. The van der Waals surface area contributed by atoms with E-state index in [2.05, 4.69) is 21.0 Å². The summed E-state index contributed by atoms with van der Waals surface area (Å²) in [7, 11) is -4.13. The van der Waals surface area contributed by atoms with E-state index in [1.807, 2.05) is 4.90 Å². The monoisotopic (exact) mass is 431 g/mol. The van der Waals surface area contributed by atoms with E-state index in [1.54, 1.807) is 18.2 Å². The van der Waals surface area contributed by atoms with E-state index >= 15 is 0 Å². The third-order valence-corrected chi connectivity index (χ3v) is 6.85. The van der Waals surface area contributed by atoms with E-state index in [0.29, 0.717) is 14.2 Å². The molecule has 0 radical (unpaired) electrons. The van der Waals surface area contributed by atoms with Crippen LogP contribution in [0.1, 0.15) is 19.3 Å². The molecule has 24 heavy (non-hydrogen) atoms. The van der Waals surface area contributed by atoms with E-state index < -0.39 is 15.6 Å². The minimum absolute atomic E-state index is 0.0404. The lowest BCUT2D eigenvalue weighted by Crippen LogP contribution is -2.35. The number of hydrogen-bond acceptors (Lipinski definition) is 5. The van der Waals surface area contributed by atoms with Crippen LogP contribution in [0.5, 0.6) is 0 Å². The number of piperidine rings is 1. The molecule has 9 heteroatoms. The van der Waals surface area contributed by atoms with Gasteiger partial charge in [0.2, 0.25) is 0 Å². The Bertz CT molecular complexity index is 924. The molecule has 0 aliphatic carbocycles. The Balaban J connectivity index is 2.08. The summed E-state index contributed by atoms with van der Waals surface area (Å²) in [5.41, 5.74) is -0.351. The van der Waals surface area contributed by atoms with Crippen LogP contribution in [0, 0.1) is 0 Å². The highest BCUT2D eigenvalue weighted by Crippen LogP contribution is 2.26. The number of anilines is 1. The quantitative estimate of drug-likeness (QED) is 0.746. The van der Waals surface area contributed by atoms with Crippen molar-refractivity contribution in [1.29, 1.82) is 0 Å². The minimum Gasteiger partial charge on any atom is -0.369 e. The van der Waals surface area contributed by atoms with Crippen LogP contribution < -0.4 is 10.5 Å². The van der Waals surface area contributed by atoms with Gasteiger partial charge < -0.3 is 4.90 Å². The molecule has 1 saturated heterocycles. The van der Waals surface area contributed by atoms with Crippen molar-refractivity contribution in [2.24, 2.45) is 0 Å². The van der Waals surface area contributed by atoms with Gasteiger partial charge in [-0.3, -0.25) is 4.79 Å². The van der Waals surface area contributed by atoms with E-state index in [-0.39, 0.29) is 9.92 Å². The zero-order valence-electron chi connectivity index (χ0n) is 12.7. The van der Waals surface area contributed by atoms with E-state index in [4.69, 9.17) is 11.6 Å². The van der Waals surface area contributed by atoms with Crippen molar-refractivity contribution in [2.45, 2.75) is 24.2 Å². The van der Waals surface area contributed by atoms with Gasteiger partial charge in [0, 0.05) is 17.6 Å². The molecule has 128 valence electrons. The number of hydrogen-bond donors (Lipinski definition) is 0. The van der Waals surface area contributed by atoms with Crippen LogP contribution in [-0.4, -0.2) is 30.7 Å². The average molecular weight is 433 g/mol. The lowest BCUT2D eigenvalue weighted by molar-refractivity contribution is 0.569. The molecule has 0 amide bonds. The Morgan fingerprint density at radius 3 is 2.46 bits per heavy atom. The smallest absolute Gasteiger partial charge is 0.302 e. The van der Waals surface area contributed by atoms with E-state index in [0.717, 1.165) is 32.4 Å². The van der Waals surface area contributed by atoms with Gasteiger partial charge in [-0.2, -0.15) is 13.5 Å². The number of benzene rings is 1. The van der Waals surface area contributed by atoms with Gasteiger partial charge in [-0.15, -0.1) is 4.09 Å². The topological polar surface area (TPSA) is 72.3 Å². The summed E-state index contributed by atoms with van der Waals surface area (Å²) >= 11 is 9.36. The molecule has 0 N–H and O–H groups in total. The maximum atomic E-state index is 12.7. The fourth-order valence-corrected chi connectivity index (χ4v) is 5.11. The van der Waals surface area contributed by atoms with Crippen molar-refractivity contribution in [3.63, 3.8) is 0 Å². The molecule has 3 rings (SSSR count). The first-order valence-electron chi connectivity index (χ1n) is 7.46. The molecule has 0 unspecified atom stereocenters. The maximum Gasteiger partial charge on any atom is 0.302 e. The van der Waals surface area contributed by atoms with Gasteiger partial charge in [-0.1, -0.05) is 23.7 Å². The molecule has 0 spiro atoms. The van der Waals surface area contributed by atoms with Crippen LogP contribution in [0.25, 0.3) is 0 Å². The first-order valence-corrected chi connectivity index (χ1v) is 10.1. The first kappa shape index (κ1) is 17.4. The van der Waals surface area contributed by atoms with Crippen LogP contribution in [0.4, 0.5) is 5.69 Å². The summed E-state index contributed by atoms with van der Waals surface area (Å²) in [6, 6.07) is 6.25. The summed E-state index contributed by atoms with van der Waals surface area (Å²) in [4.78, 5) is 14.4. The van der Waals surface area contributed by atoms with Crippen LogP contribution in [-0.2, 0) is 10.0 Å². The van der Waals surface area contributed by atoms with Crippen molar-refractivity contribution >= 4 is 43.2 Å². The molecular weight excluding hydrogens is 418 g/mol. The first-order chi connectivity index (χ1) is 11.4. The predicted molar refractivity (Wildman–Crippen MR) is 96.3 cm³/mol. The SMILES string of the molecule is O=c1c(Cl)c(N2CCCCC2)cnn1S(=O)(=O)c1ccccc1Br. The highest BCUT2D eigenvalue weighted by molar-refractivity contribution is 9.10. The average Bonchev–Trinajstić information content (AvgIpc) is 2.58. The Hall–Kier alpha value is -1.38. The van der Waals surface area contributed by atoms with Crippen molar-refractivity contribution in [3.05, 3.63) is 50.3 Å². The van der Waals surface area contributed by atoms with E-state index in [1.165, 1.54) is 12.3 Å². The Labute approximate surface area is 153 Å². The second-order valence-corrected chi connectivity index (χ2v) is 8.44. The zero-order valence-corrected chi connectivity index (χ0v) is 15.8. The molecule has 0 saturated carbocycles. The second-order valence-electron chi connectivity index (χ2n) is 5.48. The van der Waals surface area contributed by atoms with Crippen molar-refractivity contribution in [1.82, 2.24) is 9.19 Å². The second kappa shape index (κ2) is 6.85. The van der Waals surface area contributed by atoms with Gasteiger partial charge in [-0.25, -0.2) is 0 Å². The van der Waals surface area contributed by atoms with Gasteiger partial charge in [0.05, 0.1) is 11.9 Å². The number of halogens is 2. The fraction of sp³-hybridized carbons (Fsp3) is 0.333. The van der Waals surface area contributed by atoms with Crippen LogP contribution >= 0.6 is 27.5 Å². The van der Waals surface area contributed by atoms with E-state index in [9.17, 15) is 13.2 Å². The predicted octanol–water partition coefficient (Wildman–Crippen LogP) is 2.89. The number of aromatic nitrogens is 2. The minimum atomic E-state index is -4.13. The van der Waals surface area contributed by atoms with Gasteiger partial charge in [-0.05, 0) is 47.3 Å². The van der Waals surface area contributed by atoms with Crippen LogP contribution in [0.3, 0.4) is 0 Å². The lowest BCUT2D eigenvalue weighted by Gasteiger charge is -2.29. The largest absolute Gasteiger partial charge is 0.369 e. The molecule has 1 aliphatic heterocycles. The highest BCUT2D eigenvalue weighted by Gasteiger charge is 2.26. The van der Waals surface area contributed by atoms with Crippen LogP contribution in [0.2, 0.25) is 5.02 Å². The standard InChI is InChI=1S/C15H15BrClN3O3S/c16-11-6-2-3-7-13(11)24(22,23)20-15(21)14(17)12(10-18-20)19-8-4-1-5-9-19/h2-3,6-7,10H,1,4-5,8-9H2. The van der Waals surface area contributed by atoms with Gasteiger partial charge in [0.25, 0.3) is 10.0 Å². The maximum absolute atomic E-state index is 12.7. The normalized spacial score (nSPS) is 15.5. The van der Waals surface area contributed by atoms with Crippen molar-refractivity contribution in [3.8, 4) is 0 Å². The lowest BCUT2D eigenvalue weighted by atomic mass is 10.1. The molecule has 0 atom stereocenters. The molecule has 1 aliphatic rings. The van der Waals surface area contributed by atoms with Gasteiger partial charge in [0.15, 0.2) is 0 Å². The number of nitrogens with zero attached hydrogens (tertiary/aromatic N) is 3. The molecular formula is C15H15BrClN3O3S. The van der Waals surface area contributed by atoms with Gasteiger partial charge >= 0.3 is 5.56 Å². The Morgan fingerprint density at radius 2 is 1.79 bits per heavy atom. The summed E-state index contributed by atoms with van der Waals surface area (Å²) in [6.45, 7) is 1.56. The molecule has 6 nitrogen and oxygen atoms in total. The molecule has 2 aromatic rings. The van der Waals surface area contributed by atoms with Crippen LogP contribution in [0.15, 0.2) is 44.6 Å². The Kier molecular flexibility index (Phi) is 4.98. The fourth-order valence-electron chi connectivity index (χ4n) is 2.68. The number of rotatable bonds is 3. The summed E-state index contributed by atoms with van der Waals surface area (Å²) in [6.07, 6.45) is 4.50. The molecule has 1 fully saturated rings. The molecule has 2 heterocycles. The molecule has 1 aromatic carbocycles. The third-order valence-electron chi connectivity index (χ3n) is 3.91. The highest BCUT2D eigenvalue weighted by atomic mass is 79.9. The van der Waals surface area contributed by atoms with Gasteiger partial charge in [0.1, 0.15) is 9.92 Å². The van der Waals surface area contributed by atoms with Crippen molar-refractivity contribution < 1.29 is 8.42 Å². The molecule has 0 bridgehead atoms. The van der Waals surface area contributed by atoms with Crippen molar-refractivity contribution in [2.75, 3.05) is 18.0 Å². The summed E-state index contributed by atoms with van der Waals surface area (Å²) in [5.74, 6) is 0. The summed E-state index contributed by atoms with van der Waals surface area (Å²) < 4.78 is 26.2. The molecule has 1 aromatic heterocycles. The summed E-state index contributed by atoms with van der Waals surface area (Å²) in [5, 5.41) is 3.75. The third kappa shape index (κ3) is 3.10. The Morgan fingerprint density at radius 1 is 1.12 bits per heavy atom.